The largest absolute Gasteiger partial charge is 0.311 e. The molecule has 0 atom stereocenters. The number of imide groups is 1. The van der Waals surface area contributed by atoms with Gasteiger partial charge in [-0.2, -0.15) is 0 Å². The van der Waals surface area contributed by atoms with E-state index in [1.165, 1.54) is 20.0 Å². The monoisotopic (exact) mass is 270 g/mol. The Labute approximate surface area is 116 Å². The summed E-state index contributed by atoms with van der Waals surface area (Å²) in [4.78, 5) is 38.2. The van der Waals surface area contributed by atoms with Crippen LogP contribution in [-0.4, -0.2) is 36.2 Å². The van der Waals surface area contributed by atoms with Crippen molar-refractivity contribution in [1.82, 2.24) is 4.90 Å². The van der Waals surface area contributed by atoms with Crippen molar-refractivity contribution in [2.75, 3.05) is 18.5 Å². The molecule has 3 amide bonds. The summed E-state index contributed by atoms with van der Waals surface area (Å²) in [5.41, 5.74) is 2.83. The fourth-order valence-corrected chi connectivity index (χ4v) is 2.74. The molecule has 5 nitrogen and oxygen atoms in total. The summed E-state index contributed by atoms with van der Waals surface area (Å²) in [7, 11) is 1.46. The number of carbonyl (C=O) groups excluding carboxylic acids is 3. The minimum Gasteiger partial charge on any atom is -0.311 e. The van der Waals surface area contributed by atoms with Crippen molar-refractivity contribution in [1.29, 1.82) is 0 Å². The lowest BCUT2D eigenvalue weighted by Crippen LogP contribution is -2.28. The van der Waals surface area contributed by atoms with Gasteiger partial charge in [-0.3, -0.25) is 19.3 Å². The maximum atomic E-state index is 12.1. The summed E-state index contributed by atoms with van der Waals surface area (Å²) in [6.45, 7) is 2.13. The molecule has 0 spiro atoms. The van der Waals surface area contributed by atoms with Crippen molar-refractivity contribution in [2.24, 2.45) is 0 Å². The third-order valence-corrected chi connectivity index (χ3v) is 3.80. The van der Waals surface area contributed by atoms with Crippen LogP contribution in [-0.2, 0) is 20.8 Å². The molecule has 0 N–H and O–H groups in total. The van der Waals surface area contributed by atoms with Crippen LogP contribution in [0.25, 0.3) is 5.57 Å². The normalized spacial score (nSPS) is 17.6. The number of benzene rings is 1. The summed E-state index contributed by atoms with van der Waals surface area (Å²) in [6, 6.07) is 5.60. The molecule has 0 aliphatic carbocycles. The van der Waals surface area contributed by atoms with E-state index < -0.39 is 0 Å². The first-order chi connectivity index (χ1) is 9.50. The number of carbonyl (C=O) groups is 3. The predicted octanol–water partition coefficient (Wildman–Crippen LogP) is 0.978. The quantitative estimate of drug-likeness (QED) is 0.715. The zero-order valence-corrected chi connectivity index (χ0v) is 11.3. The standard InChI is InChI=1S/C15H14N2O3/c1-9(18)17-7-6-10-4-3-5-11(14(10)17)12-8-13(19)16(2)15(12)20/h3-5,8H,6-7H2,1-2H3. The number of para-hydroxylation sites is 1. The second-order valence-electron chi connectivity index (χ2n) is 4.99. The van der Waals surface area contributed by atoms with E-state index in [4.69, 9.17) is 0 Å². The van der Waals surface area contributed by atoms with Gasteiger partial charge in [0.25, 0.3) is 11.8 Å². The summed E-state index contributed by atoms with van der Waals surface area (Å²) < 4.78 is 0. The molecule has 0 radical (unpaired) electrons. The molecule has 0 aromatic heterocycles. The van der Waals surface area contributed by atoms with Gasteiger partial charge in [0, 0.05) is 32.2 Å². The van der Waals surface area contributed by atoms with Crippen LogP contribution in [0.2, 0.25) is 0 Å². The molecule has 102 valence electrons. The van der Waals surface area contributed by atoms with Crippen LogP contribution >= 0.6 is 0 Å². The molecule has 1 aromatic carbocycles. The van der Waals surface area contributed by atoms with E-state index in [-0.39, 0.29) is 17.7 Å². The molecule has 0 saturated heterocycles. The Bertz CT molecular complexity index is 676. The zero-order valence-electron chi connectivity index (χ0n) is 11.3. The molecule has 0 bridgehead atoms. The van der Waals surface area contributed by atoms with E-state index in [9.17, 15) is 14.4 Å². The first-order valence-corrected chi connectivity index (χ1v) is 6.45. The Morgan fingerprint density at radius 2 is 2.00 bits per heavy atom. The third-order valence-electron chi connectivity index (χ3n) is 3.80. The van der Waals surface area contributed by atoms with Crippen molar-refractivity contribution in [2.45, 2.75) is 13.3 Å². The molecule has 2 heterocycles. The highest BCUT2D eigenvalue weighted by atomic mass is 16.2. The molecule has 20 heavy (non-hydrogen) atoms. The molecule has 0 unspecified atom stereocenters. The number of amides is 3. The summed E-state index contributed by atoms with van der Waals surface area (Å²) in [6.07, 6.45) is 2.11. The smallest absolute Gasteiger partial charge is 0.261 e. The topological polar surface area (TPSA) is 57.7 Å². The van der Waals surface area contributed by atoms with E-state index in [2.05, 4.69) is 0 Å². The fraction of sp³-hybridized carbons (Fsp3) is 0.267. The zero-order chi connectivity index (χ0) is 14.4. The number of rotatable bonds is 1. The number of hydrogen-bond acceptors (Lipinski definition) is 3. The lowest BCUT2D eigenvalue weighted by molar-refractivity contribution is -0.134. The number of nitrogens with zero attached hydrogens (tertiary/aromatic N) is 2. The Morgan fingerprint density at radius 3 is 2.60 bits per heavy atom. The average molecular weight is 270 g/mol. The van der Waals surface area contributed by atoms with Gasteiger partial charge in [-0.15, -0.1) is 0 Å². The Hall–Kier alpha value is -2.43. The SMILES string of the molecule is CC(=O)N1CCc2cccc(C3=CC(=O)N(C)C3=O)c21. The van der Waals surface area contributed by atoms with Gasteiger partial charge >= 0.3 is 0 Å². The molecule has 2 aliphatic rings. The lowest BCUT2D eigenvalue weighted by atomic mass is 10.0. The number of fused-ring (bicyclic) bond motifs is 1. The van der Waals surface area contributed by atoms with Gasteiger partial charge in [-0.1, -0.05) is 18.2 Å². The molecule has 5 heteroatoms. The minimum atomic E-state index is -0.324. The summed E-state index contributed by atoms with van der Waals surface area (Å²) in [5, 5.41) is 0. The van der Waals surface area contributed by atoms with Crippen LogP contribution in [0.4, 0.5) is 5.69 Å². The van der Waals surface area contributed by atoms with Crippen LogP contribution in [0.15, 0.2) is 24.3 Å². The van der Waals surface area contributed by atoms with Gasteiger partial charge in [0.15, 0.2) is 0 Å². The fourth-order valence-electron chi connectivity index (χ4n) is 2.74. The predicted molar refractivity (Wildman–Crippen MR) is 73.9 cm³/mol. The van der Waals surface area contributed by atoms with Gasteiger partial charge in [0.1, 0.15) is 0 Å². The molecular weight excluding hydrogens is 256 g/mol. The molecular formula is C15H14N2O3. The van der Waals surface area contributed by atoms with Crippen LogP contribution in [0.3, 0.4) is 0 Å². The second-order valence-corrected chi connectivity index (χ2v) is 4.99. The highest BCUT2D eigenvalue weighted by molar-refractivity contribution is 6.34. The number of likely N-dealkylation sites (N-methyl/N-ethyl adjacent to an activating group) is 1. The van der Waals surface area contributed by atoms with Gasteiger partial charge in [-0.25, -0.2) is 0 Å². The van der Waals surface area contributed by atoms with E-state index >= 15 is 0 Å². The van der Waals surface area contributed by atoms with Crippen LogP contribution in [0.1, 0.15) is 18.1 Å². The van der Waals surface area contributed by atoms with E-state index in [0.717, 1.165) is 22.6 Å². The van der Waals surface area contributed by atoms with Crippen LogP contribution in [0, 0.1) is 0 Å². The number of hydrogen-bond donors (Lipinski definition) is 0. The van der Waals surface area contributed by atoms with Crippen molar-refractivity contribution in [3.8, 4) is 0 Å². The molecule has 1 aromatic rings. The maximum absolute atomic E-state index is 12.1. The van der Waals surface area contributed by atoms with Gasteiger partial charge in [0.2, 0.25) is 5.91 Å². The summed E-state index contributed by atoms with van der Waals surface area (Å²) in [5.74, 6) is -0.698. The van der Waals surface area contributed by atoms with Crippen LogP contribution in [0.5, 0.6) is 0 Å². The first-order valence-electron chi connectivity index (χ1n) is 6.45. The molecule has 3 rings (SSSR count). The highest BCUT2D eigenvalue weighted by Gasteiger charge is 2.33. The van der Waals surface area contributed by atoms with Crippen molar-refractivity contribution in [3.05, 3.63) is 35.4 Å². The number of anilines is 1. The maximum Gasteiger partial charge on any atom is 0.261 e. The first kappa shape index (κ1) is 12.6. The van der Waals surface area contributed by atoms with Crippen molar-refractivity contribution < 1.29 is 14.4 Å². The molecule has 0 saturated carbocycles. The van der Waals surface area contributed by atoms with Crippen molar-refractivity contribution >= 4 is 29.0 Å². The van der Waals surface area contributed by atoms with Crippen LogP contribution < -0.4 is 4.90 Å². The summed E-state index contributed by atoms with van der Waals surface area (Å²) >= 11 is 0. The Balaban J connectivity index is 2.16. The van der Waals surface area contributed by atoms with E-state index in [1.54, 1.807) is 11.0 Å². The molecule has 0 fully saturated rings. The highest BCUT2D eigenvalue weighted by Crippen LogP contribution is 2.37. The van der Waals surface area contributed by atoms with Gasteiger partial charge in [0.05, 0.1) is 11.3 Å². The minimum absolute atomic E-state index is 0.0538. The lowest BCUT2D eigenvalue weighted by Gasteiger charge is -2.19. The molecule has 2 aliphatic heterocycles. The third kappa shape index (κ3) is 1.66. The Morgan fingerprint density at radius 1 is 1.25 bits per heavy atom. The van der Waals surface area contributed by atoms with E-state index in [1.807, 2.05) is 12.1 Å². The van der Waals surface area contributed by atoms with Crippen molar-refractivity contribution in [3.63, 3.8) is 0 Å². The Kier molecular flexibility index (Phi) is 2.71. The average Bonchev–Trinajstić information content (AvgIpc) is 2.96. The second kappa shape index (κ2) is 4.30. The van der Waals surface area contributed by atoms with E-state index in [0.29, 0.717) is 17.7 Å². The van der Waals surface area contributed by atoms with Gasteiger partial charge < -0.3 is 4.90 Å². The van der Waals surface area contributed by atoms with Gasteiger partial charge in [-0.05, 0) is 12.0 Å².